The lowest BCUT2D eigenvalue weighted by atomic mass is 9.88. The summed E-state index contributed by atoms with van der Waals surface area (Å²) in [5.41, 5.74) is 21.0. The number of allylic oxidation sites excluding steroid dienone is 2. The fourth-order valence-electron chi connectivity index (χ4n) is 9.63. The predicted molar refractivity (Wildman–Crippen MR) is 280 cm³/mol. The van der Waals surface area contributed by atoms with E-state index in [-0.39, 0.29) is 0 Å². The Morgan fingerprint density at radius 2 is 0.970 bits per heavy atom. The summed E-state index contributed by atoms with van der Waals surface area (Å²) in [6.45, 7) is 6.62. The first-order chi connectivity index (χ1) is 32.6. The zero-order valence-corrected chi connectivity index (χ0v) is 36.9. The minimum absolute atomic E-state index is 0.521. The van der Waals surface area contributed by atoms with Gasteiger partial charge in [-0.15, -0.1) is 0 Å². The first kappa shape index (κ1) is 40.3. The van der Waals surface area contributed by atoms with Crippen LogP contribution >= 0.6 is 0 Å². The lowest BCUT2D eigenvalue weighted by Gasteiger charge is -2.27. The quantitative estimate of drug-likeness (QED) is 0.127. The molecule has 1 heterocycles. The van der Waals surface area contributed by atoms with Crippen molar-refractivity contribution in [3.05, 3.63) is 260 Å². The molecule has 0 spiro atoms. The number of hydrogen-bond donors (Lipinski definition) is 0. The van der Waals surface area contributed by atoms with Crippen LogP contribution in [0.5, 0.6) is 5.75 Å². The van der Waals surface area contributed by atoms with Gasteiger partial charge >= 0.3 is 0 Å². The Morgan fingerprint density at radius 1 is 0.409 bits per heavy atom. The molecule has 0 atom stereocenters. The second-order valence-electron chi connectivity index (χ2n) is 16.9. The normalized spacial score (nSPS) is 11.8. The van der Waals surface area contributed by atoms with E-state index in [0.717, 1.165) is 50.6 Å². The van der Waals surface area contributed by atoms with Crippen molar-refractivity contribution < 1.29 is 4.74 Å². The summed E-state index contributed by atoms with van der Waals surface area (Å²) < 4.78 is 6.67. The van der Waals surface area contributed by atoms with Crippen LogP contribution in [0.25, 0.3) is 83.6 Å². The van der Waals surface area contributed by atoms with Gasteiger partial charge in [-0.2, -0.15) is 0 Å². The lowest BCUT2D eigenvalue weighted by molar-refractivity contribution is 0.304. The smallest absolute Gasteiger partial charge is 0.135 e. The average molecular weight is 846 g/mol. The fourth-order valence-corrected chi connectivity index (χ4v) is 9.63. The summed E-state index contributed by atoms with van der Waals surface area (Å²) in [6, 6.07) is 81.0. The van der Waals surface area contributed by atoms with Crippen LogP contribution in [0.15, 0.2) is 243 Å². The predicted octanol–water partition coefficient (Wildman–Crippen LogP) is 17.7. The number of para-hydroxylation sites is 1. The summed E-state index contributed by atoms with van der Waals surface area (Å²) in [5, 5.41) is 2.41. The van der Waals surface area contributed by atoms with Gasteiger partial charge < -0.3 is 9.64 Å². The standard InChI is InChI=1S/C64H47NO/c1-3-4-23-55-44(2)16-13-26-58(55)60-40-34-51(42-62(60)48-20-9-6-10-21-48)46-29-35-52(36-30-46)65(54-39-31-45-17-11-12-22-50(45)41-54)53-37-32-49(33-38-53)57-25-15-28-61-59-27-14-24-56(47-18-7-5-8-19-47)63(59)43-66-64(57)61/h3-42H,1,43H2,2H3/b23-4-. The van der Waals surface area contributed by atoms with Gasteiger partial charge in [-0.25, -0.2) is 0 Å². The summed E-state index contributed by atoms with van der Waals surface area (Å²) >= 11 is 0. The highest BCUT2D eigenvalue weighted by Gasteiger charge is 2.24. The molecule has 11 rings (SSSR count). The minimum atomic E-state index is 0.521. The molecule has 0 N–H and O–H groups in total. The number of rotatable bonds is 10. The van der Waals surface area contributed by atoms with E-state index < -0.39 is 0 Å². The maximum Gasteiger partial charge on any atom is 0.135 e. The number of anilines is 3. The van der Waals surface area contributed by atoms with Gasteiger partial charge in [0.15, 0.2) is 0 Å². The molecule has 0 saturated carbocycles. The minimum Gasteiger partial charge on any atom is -0.488 e. The number of ether oxygens (including phenoxy) is 1. The van der Waals surface area contributed by atoms with Crippen LogP contribution in [0.2, 0.25) is 0 Å². The Morgan fingerprint density at radius 3 is 1.70 bits per heavy atom. The van der Waals surface area contributed by atoms with E-state index in [1.54, 1.807) is 0 Å². The van der Waals surface area contributed by atoms with Crippen molar-refractivity contribution in [2.75, 3.05) is 4.90 Å². The molecule has 0 bridgehead atoms. The van der Waals surface area contributed by atoms with Crippen molar-refractivity contribution in [2.24, 2.45) is 0 Å². The average Bonchev–Trinajstić information content (AvgIpc) is 3.38. The molecular weight excluding hydrogens is 799 g/mol. The Hall–Kier alpha value is -8.46. The molecule has 1 aliphatic heterocycles. The van der Waals surface area contributed by atoms with Gasteiger partial charge in [0.1, 0.15) is 12.4 Å². The van der Waals surface area contributed by atoms with Crippen LogP contribution in [0.1, 0.15) is 16.7 Å². The molecule has 10 aromatic carbocycles. The van der Waals surface area contributed by atoms with Crippen LogP contribution in [0.4, 0.5) is 17.1 Å². The molecular formula is C64H47NO. The molecule has 314 valence electrons. The Kier molecular flexibility index (Phi) is 10.8. The van der Waals surface area contributed by atoms with Crippen LogP contribution in [-0.4, -0.2) is 0 Å². The molecule has 0 aliphatic carbocycles. The van der Waals surface area contributed by atoms with Crippen LogP contribution in [-0.2, 0) is 6.61 Å². The molecule has 2 nitrogen and oxygen atoms in total. The highest BCUT2D eigenvalue weighted by molar-refractivity contribution is 5.93. The third kappa shape index (κ3) is 7.59. The number of benzene rings is 10. The Balaban J connectivity index is 0.963. The van der Waals surface area contributed by atoms with Gasteiger partial charge in [-0.05, 0) is 127 Å². The summed E-state index contributed by atoms with van der Waals surface area (Å²) in [4.78, 5) is 2.35. The molecule has 0 unspecified atom stereocenters. The Bertz CT molecular complexity index is 3420. The molecule has 1 aliphatic rings. The highest BCUT2D eigenvalue weighted by atomic mass is 16.5. The molecule has 66 heavy (non-hydrogen) atoms. The third-order valence-corrected chi connectivity index (χ3v) is 12.9. The molecule has 10 aromatic rings. The van der Waals surface area contributed by atoms with Crippen molar-refractivity contribution in [2.45, 2.75) is 13.5 Å². The SMILES string of the molecule is C=C/C=C\c1c(C)cccc1-c1ccc(-c2ccc(N(c3ccc(-c4cccc5c4OCc4c(-c6ccccc6)cccc4-5)cc3)c3ccc4ccccc4c3)cc2)cc1-c1ccccc1. The number of nitrogens with zero attached hydrogens (tertiary/aromatic N) is 1. The monoisotopic (exact) mass is 845 g/mol. The highest BCUT2D eigenvalue weighted by Crippen LogP contribution is 2.47. The van der Waals surface area contributed by atoms with Gasteiger partial charge in [-0.3, -0.25) is 0 Å². The summed E-state index contributed by atoms with van der Waals surface area (Å²) in [7, 11) is 0. The van der Waals surface area contributed by atoms with Crippen molar-refractivity contribution in [1.82, 2.24) is 0 Å². The molecule has 0 amide bonds. The largest absolute Gasteiger partial charge is 0.488 e. The first-order valence-corrected chi connectivity index (χ1v) is 22.6. The number of aryl methyl sites for hydroxylation is 1. The molecule has 0 saturated heterocycles. The second kappa shape index (κ2) is 17.6. The second-order valence-corrected chi connectivity index (χ2v) is 16.9. The van der Waals surface area contributed by atoms with E-state index in [2.05, 4.69) is 249 Å². The van der Waals surface area contributed by atoms with Gasteiger partial charge in [0, 0.05) is 33.8 Å². The maximum absolute atomic E-state index is 6.67. The van der Waals surface area contributed by atoms with Crippen LogP contribution < -0.4 is 9.64 Å². The Labute approximate surface area is 387 Å². The molecule has 0 fully saturated rings. The van der Waals surface area contributed by atoms with Gasteiger partial charge in [-0.1, -0.05) is 207 Å². The van der Waals surface area contributed by atoms with Crippen molar-refractivity contribution in [3.8, 4) is 72.5 Å². The topological polar surface area (TPSA) is 12.5 Å². The van der Waals surface area contributed by atoms with E-state index in [1.165, 1.54) is 66.4 Å². The van der Waals surface area contributed by atoms with Gasteiger partial charge in [0.25, 0.3) is 0 Å². The molecule has 0 aromatic heterocycles. The third-order valence-electron chi connectivity index (χ3n) is 12.9. The van der Waals surface area contributed by atoms with Crippen molar-refractivity contribution >= 4 is 33.9 Å². The molecule has 2 heteroatoms. The first-order valence-electron chi connectivity index (χ1n) is 22.6. The van der Waals surface area contributed by atoms with Crippen molar-refractivity contribution in [1.29, 1.82) is 0 Å². The summed E-state index contributed by atoms with van der Waals surface area (Å²) in [6.07, 6.45) is 6.02. The molecule has 0 radical (unpaired) electrons. The van der Waals surface area contributed by atoms with Crippen LogP contribution in [0, 0.1) is 6.92 Å². The lowest BCUT2D eigenvalue weighted by Crippen LogP contribution is -2.10. The van der Waals surface area contributed by atoms with Crippen LogP contribution in [0.3, 0.4) is 0 Å². The van der Waals surface area contributed by atoms with E-state index >= 15 is 0 Å². The number of fused-ring (bicyclic) bond motifs is 4. The fraction of sp³-hybridized carbons (Fsp3) is 0.0312. The van der Waals surface area contributed by atoms with E-state index in [1.807, 2.05) is 12.2 Å². The summed E-state index contributed by atoms with van der Waals surface area (Å²) in [5.74, 6) is 0.928. The van der Waals surface area contributed by atoms with E-state index in [0.29, 0.717) is 6.61 Å². The zero-order chi connectivity index (χ0) is 44.4. The van der Waals surface area contributed by atoms with Gasteiger partial charge in [0.2, 0.25) is 0 Å². The van der Waals surface area contributed by atoms with Crippen molar-refractivity contribution in [3.63, 3.8) is 0 Å². The van der Waals surface area contributed by atoms with E-state index in [4.69, 9.17) is 4.74 Å². The number of hydrogen-bond acceptors (Lipinski definition) is 2. The van der Waals surface area contributed by atoms with Gasteiger partial charge in [0.05, 0.1) is 0 Å². The van der Waals surface area contributed by atoms with E-state index in [9.17, 15) is 0 Å². The maximum atomic E-state index is 6.67. The zero-order valence-electron chi connectivity index (χ0n) is 36.9.